The minimum atomic E-state index is -0.194. The van der Waals surface area contributed by atoms with E-state index in [0.29, 0.717) is 36.4 Å². The fourth-order valence-corrected chi connectivity index (χ4v) is 3.74. The first-order chi connectivity index (χ1) is 16.2. The van der Waals surface area contributed by atoms with Crippen molar-refractivity contribution < 1.29 is 14.3 Å². The molecule has 2 aromatic carbocycles. The Morgan fingerprint density at radius 1 is 1.00 bits per heavy atom. The number of rotatable bonds is 10. The second kappa shape index (κ2) is 9.44. The van der Waals surface area contributed by atoms with Crippen molar-refractivity contribution in [3.8, 4) is 11.4 Å². The fourth-order valence-electron chi connectivity index (χ4n) is 3.74. The highest BCUT2D eigenvalue weighted by atomic mass is 16.5. The Morgan fingerprint density at radius 3 is 2.45 bits per heavy atom. The van der Waals surface area contributed by atoms with E-state index < -0.39 is 0 Å². The van der Waals surface area contributed by atoms with Gasteiger partial charge in [0, 0.05) is 18.5 Å². The molecule has 0 aliphatic heterocycles. The average Bonchev–Trinajstić information content (AvgIpc) is 3.78. The van der Waals surface area contributed by atoms with Crippen LogP contribution in [0.15, 0.2) is 54.6 Å². The zero-order valence-corrected chi connectivity index (χ0v) is 18.4. The lowest BCUT2D eigenvalue weighted by atomic mass is 10.1. The lowest BCUT2D eigenvalue weighted by Gasteiger charge is -2.09. The molecule has 8 heteroatoms. The van der Waals surface area contributed by atoms with Gasteiger partial charge in [-0.2, -0.15) is 0 Å². The van der Waals surface area contributed by atoms with E-state index in [1.807, 2.05) is 54.6 Å². The molecule has 3 aromatic rings. The van der Waals surface area contributed by atoms with Crippen LogP contribution in [0.3, 0.4) is 0 Å². The Balaban J connectivity index is 1.13. The zero-order valence-electron chi connectivity index (χ0n) is 18.4. The number of carbonyl (C=O) groups excluding carboxylic acids is 2. The van der Waals surface area contributed by atoms with E-state index >= 15 is 0 Å². The van der Waals surface area contributed by atoms with Crippen molar-refractivity contribution >= 4 is 11.8 Å². The molecule has 2 saturated carbocycles. The minimum Gasteiger partial charge on any atom is -0.484 e. The van der Waals surface area contributed by atoms with Crippen molar-refractivity contribution in [2.24, 2.45) is 0 Å². The van der Waals surface area contributed by atoms with Crippen LogP contribution >= 0.6 is 0 Å². The maximum absolute atomic E-state index is 12.8. The summed E-state index contributed by atoms with van der Waals surface area (Å²) >= 11 is 0. The van der Waals surface area contributed by atoms with Gasteiger partial charge in [0.1, 0.15) is 5.75 Å². The van der Waals surface area contributed by atoms with Crippen LogP contribution in [0.4, 0.5) is 0 Å². The molecule has 2 fully saturated rings. The van der Waals surface area contributed by atoms with E-state index in [9.17, 15) is 9.59 Å². The summed E-state index contributed by atoms with van der Waals surface area (Å²) in [5.74, 6) is 0.708. The predicted molar refractivity (Wildman–Crippen MR) is 122 cm³/mol. The first-order valence-electron chi connectivity index (χ1n) is 11.5. The van der Waals surface area contributed by atoms with Crippen LogP contribution in [0.5, 0.6) is 5.75 Å². The summed E-state index contributed by atoms with van der Waals surface area (Å²) in [6.07, 6.45) is 4.91. The summed E-state index contributed by atoms with van der Waals surface area (Å²) in [4.78, 5) is 24.6. The molecule has 2 amide bonds. The van der Waals surface area contributed by atoms with Crippen LogP contribution in [0.25, 0.3) is 5.69 Å². The SMILES string of the molecule is O=C(COc1ccc(CCNC(=O)c2nnn(-c3ccccc3)c2C2CC2)cc1)NC1CC1. The number of nitrogens with zero attached hydrogens (tertiary/aromatic N) is 3. The highest BCUT2D eigenvalue weighted by Crippen LogP contribution is 2.41. The van der Waals surface area contributed by atoms with Gasteiger partial charge in [-0.15, -0.1) is 5.10 Å². The quantitative estimate of drug-likeness (QED) is 0.500. The molecule has 1 heterocycles. The largest absolute Gasteiger partial charge is 0.484 e. The van der Waals surface area contributed by atoms with Gasteiger partial charge < -0.3 is 15.4 Å². The molecule has 0 bridgehead atoms. The molecule has 5 rings (SSSR count). The highest BCUT2D eigenvalue weighted by molar-refractivity contribution is 5.93. The fraction of sp³-hybridized carbons (Fsp3) is 0.360. The van der Waals surface area contributed by atoms with Crippen molar-refractivity contribution in [1.29, 1.82) is 0 Å². The molecule has 8 nitrogen and oxygen atoms in total. The van der Waals surface area contributed by atoms with E-state index in [2.05, 4.69) is 20.9 Å². The molecule has 2 N–H and O–H groups in total. The summed E-state index contributed by atoms with van der Waals surface area (Å²) in [6.45, 7) is 0.518. The lowest BCUT2D eigenvalue weighted by Crippen LogP contribution is -2.30. The third kappa shape index (κ3) is 5.39. The number of hydrogen-bond acceptors (Lipinski definition) is 5. The summed E-state index contributed by atoms with van der Waals surface area (Å²) in [5, 5.41) is 14.3. The summed E-state index contributed by atoms with van der Waals surface area (Å²) < 4.78 is 7.32. The van der Waals surface area contributed by atoms with Gasteiger partial charge >= 0.3 is 0 Å². The Hall–Kier alpha value is -3.68. The topological polar surface area (TPSA) is 98.1 Å². The Bertz CT molecular complexity index is 1120. The maximum atomic E-state index is 12.8. The van der Waals surface area contributed by atoms with Gasteiger partial charge in [0.15, 0.2) is 12.3 Å². The first-order valence-corrected chi connectivity index (χ1v) is 11.5. The second-order valence-corrected chi connectivity index (χ2v) is 8.63. The third-order valence-electron chi connectivity index (χ3n) is 5.82. The van der Waals surface area contributed by atoms with Crippen LogP contribution in [0.1, 0.15) is 53.3 Å². The van der Waals surface area contributed by atoms with Crippen molar-refractivity contribution in [3.63, 3.8) is 0 Å². The van der Waals surface area contributed by atoms with E-state index in [1.165, 1.54) is 0 Å². The van der Waals surface area contributed by atoms with Crippen LogP contribution in [-0.2, 0) is 11.2 Å². The molecule has 33 heavy (non-hydrogen) atoms. The number of para-hydroxylation sites is 1. The van der Waals surface area contributed by atoms with Crippen LogP contribution < -0.4 is 15.4 Å². The van der Waals surface area contributed by atoms with Gasteiger partial charge in [-0.05, 0) is 61.9 Å². The van der Waals surface area contributed by atoms with Crippen molar-refractivity contribution in [2.75, 3.05) is 13.2 Å². The van der Waals surface area contributed by atoms with E-state index in [1.54, 1.807) is 4.68 Å². The normalized spacial score (nSPS) is 15.2. The molecular formula is C25H27N5O3. The Kier molecular flexibility index (Phi) is 6.06. The summed E-state index contributed by atoms with van der Waals surface area (Å²) in [7, 11) is 0. The number of nitrogens with one attached hydrogen (secondary N) is 2. The first kappa shape index (κ1) is 21.2. The Morgan fingerprint density at radius 2 is 1.76 bits per heavy atom. The second-order valence-electron chi connectivity index (χ2n) is 8.63. The van der Waals surface area contributed by atoms with Gasteiger partial charge in [-0.3, -0.25) is 9.59 Å². The minimum absolute atomic E-state index is 0.0267. The number of carbonyl (C=O) groups is 2. The molecule has 0 spiro atoms. The van der Waals surface area contributed by atoms with Gasteiger partial charge in [0.05, 0.1) is 11.4 Å². The number of aromatic nitrogens is 3. The molecule has 2 aliphatic carbocycles. The van der Waals surface area contributed by atoms with Gasteiger partial charge in [0.2, 0.25) is 0 Å². The molecule has 170 valence electrons. The number of benzene rings is 2. The molecule has 0 atom stereocenters. The van der Waals surface area contributed by atoms with E-state index in [-0.39, 0.29) is 18.4 Å². The van der Waals surface area contributed by atoms with Crippen LogP contribution in [0.2, 0.25) is 0 Å². The predicted octanol–water partition coefficient (Wildman–Crippen LogP) is 2.77. The molecule has 2 aliphatic rings. The zero-order chi connectivity index (χ0) is 22.6. The number of hydrogen-bond donors (Lipinski definition) is 2. The van der Waals surface area contributed by atoms with Gasteiger partial charge in [-0.25, -0.2) is 4.68 Å². The smallest absolute Gasteiger partial charge is 0.273 e. The monoisotopic (exact) mass is 445 g/mol. The third-order valence-corrected chi connectivity index (χ3v) is 5.82. The van der Waals surface area contributed by atoms with Crippen molar-refractivity contribution in [3.05, 3.63) is 71.5 Å². The summed E-state index contributed by atoms with van der Waals surface area (Å²) in [6, 6.07) is 17.7. The van der Waals surface area contributed by atoms with Gasteiger partial charge in [-0.1, -0.05) is 35.5 Å². The molecular weight excluding hydrogens is 418 g/mol. The van der Waals surface area contributed by atoms with E-state index in [4.69, 9.17) is 4.74 Å². The van der Waals surface area contributed by atoms with Crippen molar-refractivity contribution in [1.82, 2.24) is 25.6 Å². The number of ether oxygens (including phenoxy) is 1. The highest BCUT2D eigenvalue weighted by Gasteiger charge is 2.34. The molecule has 1 aromatic heterocycles. The lowest BCUT2D eigenvalue weighted by molar-refractivity contribution is -0.123. The van der Waals surface area contributed by atoms with E-state index in [0.717, 1.165) is 42.6 Å². The summed E-state index contributed by atoms with van der Waals surface area (Å²) in [5.41, 5.74) is 3.29. The maximum Gasteiger partial charge on any atom is 0.273 e. The standard InChI is InChI=1S/C25H27N5O3/c31-22(27-19-10-11-19)16-33-21-12-6-17(7-13-21)14-15-26-25(32)23-24(18-8-9-18)30(29-28-23)20-4-2-1-3-5-20/h1-7,12-13,18-19H,8-11,14-16H2,(H,26,32)(H,27,31). The van der Waals surface area contributed by atoms with Crippen LogP contribution in [0, 0.1) is 0 Å². The van der Waals surface area contributed by atoms with Crippen molar-refractivity contribution in [2.45, 2.75) is 44.1 Å². The number of amides is 2. The van der Waals surface area contributed by atoms with Gasteiger partial charge in [0.25, 0.3) is 11.8 Å². The molecule has 0 radical (unpaired) electrons. The van der Waals surface area contributed by atoms with Crippen LogP contribution in [-0.4, -0.2) is 46.0 Å². The molecule has 0 saturated heterocycles. The molecule has 0 unspecified atom stereocenters. The average molecular weight is 446 g/mol. The Labute approximate surface area is 192 Å².